The highest BCUT2D eigenvalue weighted by Gasteiger charge is 2.42. The van der Waals surface area contributed by atoms with Gasteiger partial charge in [0.2, 0.25) is 0 Å². The third-order valence-corrected chi connectivity index (χ3v) is 7.17. The van der Waals surface area contributed by atoms with Crippen LogP contribution in [-0.4, -0.2) is 50.2 Å². The summed E-state index contributed by atoms with van der Waals surface area (Å²) < 4.78 is 11.6. The number of hydrogen-bond donors (Lipinski definition) is 3. The number of amides is 1. The number of benzene rings is 1. The van der Waals surface area contributed by atoms with Gasteiger partial charge >= 0.3 is 0 Å². The van der Waals surface area contributed by atoms with Crippen LogP contribution < -0.4 is 16.0 Å². The van der Waals surface area contributed by atoms with E-state index >= 15 is 0 Å². The maximum atomic E-state index is 12.8. The summed E-state index contributed by atoms with van der Waals surface area (Å²) >= 11 is 6.67. The van der Waals surface area contributed by atoms with Gasteiger partial charge in [-0.3, -0.25) is 9.69 Å². The Morgan fingerprint density at radius 3 is 2.78 bits per heavy atom. The van der Waals surface area contributed by atoms with Crippen LogP contribution in [0.3, 0.4) is 0 Å². The highest BCUT2D eigenvalue weighted by Crippen LogP contribution is 2.49. The standard InChI is InChI=1S/C24H31ClN4O3/c1-16-27-21-18(25)14-17-15-19(23(30)26-8-5-9-29-10-12-31-13-11-29)32-22(17)20(21)24(28-16)6-3-2-4-7-24/h14-15,27-28H,1-13H2,(H,26,30). The molecule has 0 unspecified atom stereocenters. The predicted molar refractivity (Wildman–Crippen MR) is 126 cm³/mol. The van der Waals surface area contributed by atoms with E-state index in [1.165, 1.54) is 6.42 Å². The smallest absolute Gasteiger partial charge is 0.287 e. The van der Waals surface area contributed by atoms with Crippen molar-refractivity contribution in [1.29, 1.82) is 0 Å². The zero-order valence-corrected chi connectivity index (χ0v) is 19.2. The SMILES string of the molecule is C=C1Nc2c(Cl)cc3cc(C(=O)NCCCN4CCOCC4)oc3c2C2(CCCCC2)N1. The molecule has 1 amide bonds. The Hall–Kier alpha value is -2.22. The van der Waals surface area contributed by atoms with Gasteiger partial charge in [-0.25, -0.2) is 0 Å². The number of hydrogen-bond acceptors (Lipinski definition) is 6. The zero-order chi connectivity index (χ0) is 22.1. The molecule has 172 valence electrons. The Bertz CT molecular complexity index is 1020. The Morgan fingerprint density at radius 2 is 2.00 bits per heavy atom. The molecule has 5 rings (SSSR count). The lowest BCUT2D eigenvalue weighted by molar-refractivity contribution is 0.0374. The van der Waals surface area contributed by atoms with E-state index in [0.717, 1.165) is 93.0 Å². The van der Waals surface area contributed by atoms with E-state index in [0.29, 0.717) is 17.3 Å². The number of furan rings is 1. The van der Waals surface area contributed by atoms with Crippen LogP contribution in [0.2, 0.25) is 5.02 Å². The summed E-state index contributed by atoms with van der Waals surface area (Å²) in [6.45, 7) is 9.16. The van der Waals surface area contributed by atoms with Gasteiger partial charge in [-0.1, -0.05) is 37.4 Å². The first-order valence-electron chi connectivity index (χ1n) is 11.6. The summed E-state index contributed by atoms with van der Waals surface area (Å²) in [5.41, 5.74) is 2.34. The lowest BCUT2D eigenvalue weighted by Gasteiger charge is -2.44. The number of nitrogens with zero attached hydrogens (tertiary/aromatic N) is 1. The fourth-order valence-electron chi connectivity index (χ4n) is 5.32. The molecule has 2 aliphatic heterocycles. The van der Waals surface area contributed by atoms with Crippen molar-refractivity contribution in [3.63, 3.8) is 0 Å². The van der Waals surface area contributed by atoms with Crippen molar-refractivity contribution in [2.75, 3.05) is 44.7 Å². The quantitative estimate of drug-likeness (QED) is 0.583. The molecule has 2 fully saturated rings. The first-order valence-corrected chi connectivity index (χ1v) is 12.0. The zero-order valence-electron chi connectivity index (χ0n) is 18.4. The molecule has 1 aromatic heterocycles. The van der Waals surface area contributed by atoms with Gasteiger partial charge < -0.3 is 25.1 Å². The number of halogens is 1. The summed E-state index contributed by atoms with van der Waals surface area (Å²) in [5.74, 6) is 0.892. The molecular formula is C24H31ClN4O3. The van der Waals surface area contributed by atoms with E-state index in [4.69, 9.17) is 20.8 Å². The van der Waals surface area contributed by atoms with Gasteiger partial charge in [0.15, 0.2) is 5.76 Å². The maximum absolute atomic E-state index is 12.8. The van der Waals surface area contributed by atoms with Gasteiger partial charge in [-0.15, -0.1) is 0 Å². The molecule has 0 atom stereocenters. The second-order valence-corrected chi connectivity index (χ2v) is 9.48. The lowest BCUT2D eigenvalue weighted by atomic mass is 9.74. The molecule has 2 aromatic rings. The second-order valence-electron chi connectivity index (χ2n) is 9.07. The summed E-state index contributed by atoms with van der Waals surface area (Å²) in [6.07, 6.45) is 6.35. The summed E-state index contributed by atoms with van der Waals surface area (Å²) in [6, 6.07) is 3.68. The molecule has 1 spiro atoms. The van der Waals surface area contributed by atoms with Crippen molar-refractivity contribution in [2.24, 2.45) is 0 Å². The van der Waals surface area contributed by atoms with Crippen LogP contribution in [0.25, 0.3) is 11.0 Å². The van der Waals surface area contributed by atoms with Crippen LogP contribution >= 0.6 is 11.6 Å². The number of carbonyl (C=O) groups is 1. The second kappa shape index (κ2) is 8.96. The van der Waals surface area contributed by atoms with Crippen molar-refractivity contribution in [3.8, 4) is 0 Å². The normalized spacial score (nSPS) is 20.6. The first kappa shape index (κ1) is 21.6. The van der Waals surface area contributed by atoms with Crippen LogP contribution in [0, 0.1) is 0 Å². The maximum Gasteiger partial charge on any atom is 0.287 e. The molecule has 1 aliphatic carbocycles. The average molecular weight is 459 g/mol. The number of rotatable bonds is 5. The molecular weight excluding hydrogens is 428 g/mol. The lowest BCUT2D eigenvalue weighted by Crippen LogP contribution is -2.48. The summed E-state index contributed by atoms with van der Waals surface area (Å²) in [7, 11) is 0. The van der Waals surface area contributed by atoms with Gasteiger partial charge in [0.25, 0.3) is 5.91 Å². The largest absolute Gasteiger partial charge is 0.450 e. The van der Waals surface area contributed by atoms with Crippen LogP contribution in [0.1, 0.15) is 54.6 Å². The Labute approximate surface area is 193 Å². The molecule has 3 aliphatic rings. The monoisotopic (exact) mass is 458 g/mol. The van der Waals surface area contributed by atoms with Crippen molar-refractivity contribution >= 4 is 34.2 Å². The molecule has 3 N–H and O–H groups in total. The summed E-state index contributed by atoms with van der Waals surface area (Å²) in [5, 5.41) is 11.4. The van der Waals surface area contributed by atoms with E-state index < -0.39 is 0 Å². The minimum absolute atomic E-state index is 0.188. The van der Waals surface area contributed by atoms with Gasteiger partial charge in [0, 0.05) is 30.6 Å². The third kappa shape index (κ3) is 4.09. The number of carbonyl (C=O) groups excluding carboxylic acids is 1. The molecule has 1 saturated heterocycles. The molecule has 1 saturated carbocycles. The van der Waals surface area contributed by atoms with Gasteiger partial charge in [-0.2, -0.15) is 0 Å². The number of morpholine rings is 1. The minimum atomic E-state index is -0.261. The van der Waals surface area contributed by atoms with E-state index in [2.05, 4.69) is 27.4 Å². The average Bonchev–Trinajstić information content (AvgIpc) is 3.21. The van der Waals surface area contributed by atoms with Gasteiger partial charge in [0.05, 0.1) is 35.3 Å². The van der Waals surface area contributed by atoms with Crippen molar-refractivity contribution in [1.82, 2.24) is 15.5 Å². The van der Waals surface area contributed by atoms with Crippen molar-refractivity contribution in [3.05, 3.63) is 40.9 Å². The number of ether oxygens (including phenoxy) is 1. The Kier molecular flexibility index (Phi) is 6.05. The highest BCUT2D eigenvalue weighted by atomic mass is 35.5. The summed E-state index contributed by atoms with van der Waals surface area (Å²) in [4.78, 5) is 15.2. The van der Waals surface area contributed by atoms with Gasteiger partial charge in [0.1, 0.15) is 5.58 Å². The molecule has 7 nitrogen and oxygen atoms in total. The van der Waals surface area contributed by atoms with Crippen LogP contribution in [-0.2, 0) is 10.3 Å². The number of nitrogens with one attached hydrogen (secondary N) is 3. The van der Waals surface area contributed by atoms with Crippen molar-refractivity contribution < 1.29 is 13.9 Å². The topological polar surface area (TPSA) is 78.8 Å². The number of anilines is 1. The molecule has 1 aromatic carbocycles. The molecule has 3 heterocycles. The van der Waals surface area contributed by atoms with E-state index in [-0.39, 0.29) is 11.4 Å². The van der Waals surface area contributed by atoms with Crippen LogP contribution in [0.4, 0.5) is 5.69 Å². The van der Waals surface area contributed by atoms with E-state index in [1.807, 2.05) is 6.07 Å². The molecule has 8 heteroatoms. The number of fused-ring (bicyclic) bond motifs is 4. The predicted octanol–water partition coefficient (Wildman–Crippen LogP) is 4.18. The molecule has 0 bridgehead atoms. The van der Waals surface area contributed by atoms with E-state index in [9.17, 15) is 4.79 Å². The van der Waals surface area contributed by atoms with Crippen LogP contribution in [0.15, 0.2) is 28.9 Å². The fourth-order valence-corrected chi connectivity index (χ4v) is 5.58. The van der Waals surface area contributed by atoms with Crippen molar-refractivity contribution in [2.45, 2.75) is 44.1 Å². The molecule has 32 heavy (non-hydrogen) atoms. The minimum Gasteiger partial charge on any atom is -0.450 e. The fraction of sp³-hybridized carbons (Fsp3) is 0.542. The molecule has 0 radical (unpaired) electrons. The van der Waals surface area contributed by atoms with E-state index in [1.54, 1.807) is 6.07 Å². The van der Waals surface area contributed by atoms with Crippen LogP contribution in [0.5, 0.6) is 0 Å². The highest BCUT2D eigenvalue weighted by molar-refractivity contribution is 6.34. The third-order valence-electron chi connectivity index (χ3n) is 6.87. The Balaban J connectivity index is 1.36. The Morgan fingerprint density at radius 1 is 1.22 bits per heavy atom. The van der Waals surface area contributed by atoms with Gasteiger partial charge in [-0.05, 0) is 37.9 Å². The first-order chi connectivity index (χ1) is 15.6.